The van der Waals surface area contributed by atoms with Crippen LogP contribution in [0.25, 0.3) is 11.5 Å². The van der Waals surface area contributed by atoms with Crippen molar-refractivity contribution in [2.45, 2.75) is 0 Å². The lowest BCUT2D eigenvalue weighted by Gasteiger charge is -1.92. The standard InChI is InChI=1S/C7H4ClN3O2/c8-4-1-2-5(9-3-4)6-10-7(12)13-11-6/h1-3H,(H,10,11,12). The summed E-state index contributed by atoms with van der Waals surface area (Å²) in [6, 6.07) is 3.28. The molecule has 6 heteroatoms. The van der Waals surface area contributed by atoms with Crippen molar-refractivity contribution < 1.29 is 4.52 Å². The molecule has 0 saturated carbocycles. The van der Waals surface area contributed by atoms with Gasteiger partial charge in [-0.25, -0.2) is 4.79 Å². The number of nitrogens with zero attached hydrogens (tertiary/aromatic N) is 2. The minimum atomic E-state index is -0.605. The number of pyridine rings is 1. The molecule has 0 aliphatic carbocycles. The van der Waals surface area contributed by atoms with Gasteiger partial charge in [-0.15, -0.1) is 0 Å². The van der Waals surface area contributed by atoms with Gasteiger partial charge in [-0.2, -0.15) is 0 Å². The van der Waals surface area contributed by atoms with Gasteiger partial charge in [-0.1, -0.05) is 16.8 Å². The van der Waals surface area contributed by atoms with Gasteiger partial charge in [0.25, 0.3) is 0 Å². The van der Waals surface area contributed by atoms with Crippen molar-refractivity contribution in [1.82, 2.24) is 15.1 Å². The number of aromatic amines is 1. The van der Waals surface area contributed by atoms with Gasteiger partial charge in [0.15, 0.2) is 0 Å². The van der Waals surface area contributed by atoms with Crippen LogP contribution in [0.3, 0.4) is 0 Å². The van der Waals surface area contributed by atoms with Crippen LogP contribution in [-0.4, -0.2) is 15.1 Å². The molecular formula is C7H4ClN3O2. The summed E-state index contributed by atoms with van der Waals surface area (Å²) in [5, 5.41) is 3.99. The normalized spacial score (nSPS) is 10.2. The fraction of sp³-hybridized carbons (Fsp3) is 0. The van der Waals surface area contributed by atoms with E-state index in [1.54, 1.807) is 12.1 Å². The summed E-state index contributed by atoms with van der Waals surface area (Å²) in [5.41, 5.74) is 0.509. The highest BCUT2D eigenvalue weighted by Gasteiger charge is 2.04. The Morgan fingerprint density at radius 2 is 2.31 bits per heavy atom. The molecule has 2 aromatic heterocycles. The molecular weight excluding hydrogens is 194 g/mol. The van der Waals surface area contributed by atoms with E-state index >= 15 is 0 Å². The Bertz CT molecular complexity index is 459. The topological polar surface area (TPSA) is 71.8 Å². The summed E-state index contributed by atoms with van der Waals surface area (Å²) in [6.07, 6.45) is 1.46. The van der Waals surface area contributed by atoms with Crippen molar-refractivity contribution >= 4 is 11.6 Å². The Morgan fingerprint density at radius 1 is 1.46 bits per heavy atom. The molecule has 0 unspecified atom stereocenters. The molecule has 0 aromatic carbocycles. The molecule has 5 nitrogen and oxygen atoms in total. The first-order valence-electron chi connectivity index (χ1n) is 3.43. The zero-order chi connectivity index (χ0) is 9.26. The number of rotatable bonds is 1. The lowest BCUT2D eigenvalue weighted by atomic mass is 10.3. The van der Waals surface area contributed by atoms with Crippen molar-refractivity contribution in [2.75, 3.05) is 0 Å². The van der Waals surface area contributed by atoms with Crippen LogP contribution in [0.1, 0.15) is 0 Å². The van der Waals surface area contributed by atoms with Gasteiger partial charge in [-0.05, 0) is 12.1 Å². The van der Waals surface area contributed by atoms with Crippen molar-refractivity contribution in [3.8, 4) is 11.5 Å². The van der Waals surface area contributed by atoms with E-state index in [4.69, 9.17) is 11.6 Å². The molecule has 0 aliphatic heterocycles. The molecule has 0 fully saturated rings. The lowest BCUT2D eigenvalue weighted by Crippen LogP contribution is -1.95. The van der Waals surface area contributed by atoms with Crippen LogP contribution in [0.5, 0.6) is 0 Å². The van der Waals surface area contributed by atoms with Crippen LogP contribution in [-0.2, 0) is 0 Å². The van der Waals surface area contributed by atoms with Crippen LogP contribution >= 0.6 is 11.6 Å². The molecule has 0 atom stereocenters. The molecule has 2 aromatic rings. The first-order valence-corrected chi connectivity index (χ1v) is 3.81. The third kappa shape index (κ3) is 1.59. The highest BCUT2D eigenvalue weighted by molar-refractivity contribution is 6.30. The zero-order valence-corrected chi connectivity index (χ0v) is 7.08. The maximum atomic E-state index is 10.6. The molecule has 0 bridgehead atoms. The Balaban J connectivity index is 2.47. The van der Waals surface area contributed by atoms with Crippen molar-refractivity contribution in [1.29, 1.82) is 0 Å². The number of hydrogen-bond donors (Lipinski definition) is 1. The van der Waals surface area contributed by atoms with Crippen molar-refractivity contribution in [2.24, 2.45) is 0 Å². The first kappa shape index (κ1) is 8.00. The number of H-pyrrole nitrogens is 1. The molecule has 1 N–H and O–H groups in total. The van der Waals surface area contributed by atoms with Crippen molar-refractivity contribution in [3.63, 3.8) is 0 Å². The van der Waals surface area contributed by atoms with E-state index in [9.17, 15) is 4.79 Å². The first-order chi connectivity index (χ1) is 6.25. The fourth-order valence-corrected chi connectivity index (χ4v) is 0.968. The quantitative estimate of drug-likeness (QED) is 0.743. The number of hydrogen-bond acceptors (Lipinski definition) is 4. The molecule has 0 spiro atoms. The smallest absolute Gasteiger partial charge is 0.296 e. The predicted molar refractivity (Wildman–Crippen MR) is 45.4 cm³/mol. The third-order valence-corrected chi connectivity index (χ3v) is 1.63. The van der Waals surface area contributed by atoms with Crippen molar-refractivity contribution in [3.05, 3.63) is 33.9 Å². The van der Waals surface area contributed by atoms with E-state index in [-0.39, 0.29) is 0 Å². The number of halogens is 1. The summed E-state index contributed by atoms with van der Waals surface area (Å²) in [5.74, 6) is -0.312. The maximum absolute atomic E-state index is 10.6. The van der Waals surface area contributed by atoms with Crippen LogP contribution in [0.4, 0.5) is 0 Å². The fourth-order valence-electron chi connectivity index (χ4n) is 0.856. The second-order valence-corrected chi connectivity index (χ2v) is 2.74. The van der Waals surface area contributed by atoms with Crippen LogP contribution in [0, 0.1) is 0 Å². The van der Waals surface area contributed by atoms with Crippen LogP contribution in [0.2, 0.25) is 5.02 Å². The molecule has 0 amide bonds. The lowest BCUT2D eigenvalue weighted by molar-refractivity contribution is 0.387. The van der Waals surface area contributed by atoms with E-state index in [1.807, 2.05) is 0 Å². The molecule has 66 valence electrons. The van der Waals surface area contributed by atoms with Gasteiger partial charge >= 0.3 is 5.76 Å². The monoisotopic (exact) mass is 197 g/mol. The highest BCUT2D eigenvalue weighted by Crippen LogP contribution is 2.12. The minimum absolute atomic E-state index is 0.293. The molecule has 0 radical (unpaired) electrons. The van der Waals surface area contributed by atoms with Gasteiger partial charge in [0.1, 0.15) is 5.69 Å². The second kappa shape index (κ2) is 3.02. The average molecular weight is 198 g/mol. The maximum Gasteiger partial charge on any atom is 0.439 e. The SMILES string of the molecule is O=c1[nH]c(-c2ccc(Cl)cn2)no1. The second-order valence-electron chi connectivity index (χ2n) is 2.31. The average Bonchev–Trinajstić information content (AvgIpc) is 2.53. The predicted octanol–water partition coefficient (Wildman–Crippen LogP) is 1.08. The van der Waals surface area contributed by atoms with E-state index in [0.717, 1.165) is 0 Å². The van der Waals surface area contributed by atoms with Crippen LogP contribution < -0.4 is 5.76 Å². The molecule has 0 aliphatic rings. The Kier molecular flexibility index (Phi) is 1.86. The van der Waals surface area contributed by atoms with E-state index in [1.165, 1.54) is 6.20 Å². The van der Waals surface area contributed by atoms with Gasteiger partial charge in [0.2, 0.25) is 5.82 Å². The summed E-state index contributed by atoms with van der Waals surface area (Å²) in [4.78, 5) is 16.9. The molecule has 13 heavy (non-hydrogen) atoms. The van der Waals surface area contributed by atoms with Crippen LogP contribution in [0.15, 0.2) is 27.6 Å². The van der Waals surface area contributed by atoms with Gasteiger partial charge in [-0.3, -0.25) is 14.5 Å². The Labute approximate surface area is 77.4 Å². The van der Waals surface area contributed by atoms with Gasteiger partial charge in [0.05, 0.1) is 5.02 Å². The molecule has 0 saturated heterocycles. The van der Waals surface area contributed by atoms with Gasteiger partial charge < -0.3 is 0 Å². The van der Waals surface area contributed by atoms with E-state index in [2.05, 4.69) is 19.6 Å². The largest absolute Gasteiger partial charge is 0.439 e. The third-order valence-electron chi connectivity index (χ3n) is 1.41. The summed E-state index contributed by atoms with van der Waals surface area (Å²) >= 11 is 5.63. The van der Waals surface area contributed by atoms with E-state index < -0.39 is 5.76 Å². The van der Waals surface area contributed by atoms with E-state index in [0.29, 0.717) is 16.5 Å². The number of aromatic nitrogens is 3. The Hall–Kier alpha value is -1.62. The number of nitrogens with one attached hydrogen (secondary N) is 1. The molecule has 2 heterocycles. The summed E-state index contributed by atoms with van der Waals surface area (Å²) in [7, 11) is 0. The molecule has 2 rings (SSSR count). The highest BCUT2D eigenvalue weighted by atomic mass is 35.5. The summed E-state index contributed by atoms with van der Waals surface area (Å²) in [6.45, 7) is 0. The Morgan fingerprint density at radius 3 is 2.85 bits per heavy atom. The van der Waals surface area contributed by atoms with Gasteiger partial charge in [0, 0.05) is 6.20 Å². The zero-order valence-electron chi connectivity index (χ0n) is 6.32. The summed E-state index contributed by atoms with van der Waals surface area (Å²) < 4.78 is 4.32. The minimum Gasteiger partial charge on any atom is -0.296 e.